The number of amides is 2. The number of halogens is 2. The minimum atomic E-state index is -0.698. The van der Waals surface area contributed by atoms with Gasteiger partial charge in [-0.1, -0.05) is 13.8 Å². The molecule has 2 fully saturated rings. The van der Waals surface area contributed by atoms with Crippen molar-refractivity contribution in [3.8, 4) is 0 Å². The van der Waals surface area contributed by atoms with Crippen molar-refractivity contribution >= 4 is 11.7 Å². The first-order valence-corrected chi connectivity index (χ1v) is 10.8. The van der Waals surface area contributed by atoms with Crippen LogP contribution in [0.3, 0.4) is 0 Å². The standard InChI is InChI=1S/C22H33F2N3O2/c1-16(2)3-10-27(21-6-11-29-12-7-21)20-4-8-26(9-5-20)22(28)25-19-14-17(23)13-18(24)15-19/h13-16,20-21H,3-12H2,1-2H3,(H,25,28). The molecule has 2 saturated heterocycles. The van der Waals surface area contributed by atoms with E-state index in [0.717, 1.165) is 63.6 Å². The molecule has 5 nitrogen and oxygen atoms in total. The van der Waals surface area contributed by atoms with Crippen molar-refractivity contribution in [3.63, 3.8) is 0 Å². The Kier molecular flexibility index (Phi) is 7.84. The molecule has 0 atom stereocenters. The van der Waals surface area contributed by atoms with Gasteiger partial charge < -0.3 is 15.0 Å². The van der Waals surface area contributed by atoms with E-state index in [-0.39, 0.29) is 11.7 Å². The average Bonchev–Trinajstić information content (AvgIpc) is 2.68. The zero-order chi connectivity index (χ0) is 20.8. The topological polar surface area (TPSA) is 44.8 Å². The van der Waals surface area contributed by atoms with E-state index in [1.807, 2.05) is 0 Å². The maximum Gasteiger partial charge on any atom is 0.321 e. The largest absolute Gasteiger partial charge is 0.381 e. The number of benzene rings is 1. The first-order chi connectivity index (χ1) is 13.9. The predicted molar refractivity (Wildman–Crippen MR) is 110 cm³/mol. The quantitative estimate of drug-likeness (QED) is 0.753. The zero-order valence-electron chi connectivity index (χ0n) is 17.5. The predicted octanol–water partition coefficient (Wildman–Crippen LogP) is 4.49. The van der Waals surface area contributed by atoms with Crippen molar-refractivity contribution in [1.29, 1.82) is 0 Å². The van der Waals surface area contributed by atoms with E-state index < -0.39 is 11.6 Å². The highest BCUT2D eigenvalue weighted by Crippen LogP contribution is 2.25. The highest BCUT2D eigenvalue weighted by Gasteiger charge is 2.31. The van der Waals surface area contributed by atoms with Crippen molar-refractivity contribution in [1.82, 2.24) is 9.80 Å². The Bertz CT molecular complexity index is 652. The van der Waals surface area contributed by atoms with Gasteiger partial charge >= 0.3 is 6.03 Å². The molecule has 29 heavy (non-hydrogen) atoms. The van der Waals surface area contributed by atoms with Crippen LogP contribution in [0.4, 0.5) is 19.3 Å². The van der Waals surface area contributed by atoms with Crippen LogP contribution in [0, 0.1) is 17.6 Å². The number of hydrogen-bond acceptors (Lipinski definition) is 3. The molecule has 1 aromatic carbocycles. The summed E-state index contributed by atoms with van der Waals surface area (Å²) in [5.41, 5.74) is 0.149. The number of hydrogen-bond donors (Lipinski definition) is 1. The van der Waals surface area contributed by atoms with Gasteiger partial charge in [0.25, 0.3) is 0 Å². The van der Waals surface area contributed by atoms with Crippen LogP contribution >= 0.6 is 0 Å². The van der Waals surface area contributed by atoms with Crippen LogP contribution in [0.15, 0.2) is 18.2 Å². The van der Waals surface area contributed by atoms with Gasteiger partial charge in [0, 0.05) is 50.1 Å². The smallest absolute Gasteiger partial charge is 0.321 e. The van der Waals surface area contributed by atoms with Crippen molar-refractivity contribution in [2.45, 2.75) is 58.0 Å². The van der Waals surface area contributed by atoms with Gasteiger partial charge in [-0.25, -0.2) is 13.6 Å². The number of urea groups is 1. The van der Waals surface area contributed by atoms with Crippen LogP contribution in [-0.4, -0.2) is 60.8 Å². The van der Waals surface area contributed by atoms with Crippen molar-refractivity contribution in [2.75, 3.05) is 38.2 Å². The molecule has 2 amide bonds. The number of ether oxygens (including phenoxy) is 1. The van der Waals surface area contributed by atoms with E-state index in [1.54, 1.807) is 4.90 Å². The molecule has 0 saturated carbocycles. The van der Waals surface area contributed by atoms with E-state index in [9.17, 15) is 13.6 Å². The number of nitrogens with zero attached hydrogens (tertiary/aromatic N) is 2. The summed E-state index contributed by atoms with van der Waals surface area (Å²) in [4.78, 5) is 16.9. The maximum absolute atomic E-state index is 13.3. The Morgan fingerprint density at radius 2 is 1.69 bits per heavy atom. The molecule has 0 aliphatic carbocycles. The fraction of sp³-hybridized carbons (Fsp3) is 0.682. The summed E-state index contributed by atoms with van der Waals surface area (Å²) in [6.45, 7) is 8.55. The zero-order valence-corrected chi connectivity index (χ0v) is 17.5. The van der Waals surface area contributed by atoms with Gasteiger partial charge in [-0.2, -0.15) is 0 Å². The molecule has 1 N–H and O–H groups in total. The van der Waals surface area contributed by atoms with Crippen LogP contribution < -0.4 is 5.32 Å². The SMILES string of the molecule is CC(C)CCN(C1CCOCC1)C1CCN(C(=O)Nc2cc(F)cc(F)c2)CC1. The van der Waals surface area contributed by atoms with Gasteiger partial charge in [-0.3, -0.25) is 4.90 Å². The second-order valence-corrected chi connectivity index (χ2v) is 8.57. The third-order valence-electron chi connectivity index (χ3n) is 5.96. The molecule has 2 heterocycles. The van der Waals surface area contributed by atoms with Gasteiger partial charge in [0.15, 0.2) is 0 Å². The van der Waals surface area contributed by atoms with Gasteiger partial charge in [0.1, 0.15) is 11.6 Å². The monoisotopic (exact) mass is 409 g/mol. The molecule has 1 aromatic rings. The summed E-state index contributed by atoms with van der Waals surface area (Å²) >= 11 is 0. The Balaban J connectivity index is 1.55. The lowest BCUT2D eigenvalue weighted by atomic mass is 9.96. The van der Waals surface area contributed by atoms with Crippen LogP contribution in [0.5, 0.6) is 0 Å². The van der Waals surface area contributed by atoms with Gasteiger partial charge in [0.2, 0.25) is 0 Å². The molecule has 0 aromatic heterocycles. The Labute approximate surface area is 172 Å². The van der Waals surface area contributed by atoms with E-state index >= 15 is 0 Å². The number of carbonyl (C=O) groups is 1. The maximum atomic E-state index is 13.3. The molecular weight excluding hydrogens is 376 g/mol. The lowest BCUT2D eigenvalue weighted by Crippen LogP contribution is -2.52. The molecular formula is C22H33F2N3O2. The average molecular weight is 410 g/mol. The summed E-state index contributed by atoms with van der Waals surface area (Å²) in [5, 5.41) is 2.62. The minimum Gasteiger partial charge on any atom is -0.381 e. The normalized spacial score (nSPS) is 19.2. The Morgan fingerprint density at radius 3 is 2.28 bits per heavy atom. The molecule has 0 bridgehead atoms. The number of piperidine rings is 1. The first-order valence-electron chi connectivity index (χ1n) is 10.8. The molecule has 2 aliphatic rings. The Hall–Kier alpha value is -1.73. The minimum absolute atomic E-state index is 0.149. The number of carbonyl (C=O) groups excluding carboxylic acids is 1. The number of anilines is 1. The second-order valence-electron chi connectivity index (χ2n) is 8.57. The summed E-state index contributed by atoms with van der Waals surface area (Å²) in [5.74, 6) is -0.734. The molecule has 162 valence electrons. The van der Waals surface area contributed by atoms with Crippen molar-refractivity contribution in [3.05, 3.63) is 29.8 Å². The molecule has 0 spiro atoms. The summed E-state index contributed by atoms with van der Waals surface area (Å²) in [6.07, 6.45) is 5.15. The summed E-state index contributed by atoms with van der Waals surface area (Å²) in [6, 6.07) is 3.78. The molecule has 2 aliphatic heterocycles. The van der Waals surface area contributed by atoms with Crippen LogP contribution in [-0.2, 0) is 4.74 Å². The van der Waals surface area contributed by atoms with Crippen molar-refractivity contribution in [2.24, 2.45) is 5.92 Å². The first kappa shape index (κ1) is 22.0. The number of nitrogens with one attached hydrogen (secondary N) is 1. The summed E-state index contributed by atoms with van der Waals surface area (Å²) < 4.78 is 32.2. The molecule has 0 radical (unpaired) electrons. The number of rotatable bonds is 6. The second kappa shape index (κ2) is 10.3. The lowest BCUT2D eigenvalue weighted by molar-refractivity contribution is 0.00321. The van der Waals surface area contributed by atoms with Gasteiger partial charge in [0.05, 0.1) is 0 Å². The van der Waals surface area contributed by atoms with Gasteiger partial charge in [-0.05, 0) is 56.7 Å². The van der Waals surface area contributed by atoms with E-state index in [0.29, 0.717) is 31.1 Å². The molecule has 0 unspecified atom stereocenters. The van der Waals surface area contributed by atoms with Crippen molar-refractivity contribution < 1.29 is 18.3 Å². The van der Waals surface area contributed by atoms with E-state index in [1.165, 1.54) is 6.42 Å². The summed E-state index contributed by atoms with van der Waals surface area (Å²) in [7, 11) is 0. The fourth-order valence-corrected chi connectivity index (χ4v) is 4.32. The molecule has 7 heteroatoms. The Morgan fingerprint density at radius 1 is 1.10 bits per heavy atom. The van der Waals surface area contributed by atoms with Crippen LogP contribution in [0.2, 0.25) is 0 Å². The highest BCUT2D eigenvalue weighted by molar-refractivity contribution is 5.89. The number of likely N-dealkylation sites (tertiary alicyclic amines) is 1. The molecule has 3 rings (SSSR count). The highest BCUT2D eigenvalue weighted by atomic mass is 19.1. The van der Waals surface area contributed by atoms with Gasteiger partial charge in [-0.15, -0.1) is 0 Å². The lowest BCUT2D eigenvalue weighted by Gasteiger charge is -2.44. The fourth-order valence-electron chi connectivity index (χ4n) is 4.32. The third kappa shape index (κ3) is 6.37. The third-order valence-corrected chi connectivity index (χ3v) is 5.96. The van der Waals surface area contributed by atoms with Crippen LogP contribution in [0.25, 0.3) is 0 Å². The van der Waals surface area contributed by atoms with E-state index in [4.69, 9.17) is 4.74 Å². The van der Waals surface area contributed by atoms with Crippen LogP contribution in [0.1, 0.15) is 46.0 Å². The van der Waals surface area contributed by atoms with E-state index in [2.05, 4.69) is 24.1 Å².